The fraction of sp³-hybridized carbons (Fsp3) is 0.217. The van der Waals surface area contributed by atoms with Crippen molar-refractivity contribution in [1.82, 2.24) is 0 Å². The molecule has 0 spiro atoms. The third-order valence-electron chi connectivity index (χ3n) is 4.53. The molecule has 3 rings (SSSR count). The fourth-order valence-electron chi connectivity index (χ4n) is 2.88. The molecular weight excluding hydrogens is 350 g/mol. The molecule has 0 aromatic heterocycles. The van der Waals surface area contributed by atoms with Gasteiger partial charge in [0.2, 0.25) is 11.8 Å². The van der Waals surface area contributed by atoms with Gasteiger partial charge in [0.15, 0.2) is 0 Å². The van der Waals surface area contributed by atoms with E-state index in [1.807, 2.05) is 81.4 Å². The van der Waals surface area contributed by atoms with Gasteiger partial charge in [0.05, 0.1) is 6.54 Å². The van der Waals surface area contributed by atoms with Gasteiger partial charge in [-0.15, -0.1) is 0 Å². The minimum atomic E-state index is -0.132. The molecule has 5 heteroatoms. The van der Waals surface area contributed by atoms with Crippen molar-refractivity contribution in [3.05, 3.63) is 66.2 Å². The summed E-state index contributed by atoms with van der Waals surface area (Å²) in [5, 5.41) is 11.1. The van der Waals surface area contributed by atoms with Gasteiger partial charge in [-0.3, -0.25) is 9.59 Å². The lowest BCUT2D eigenvalue weighted by molar-refractivity contribution is -0.119. The smallest absolute Gasteiger partial charge is 0.243 e. The molecule has 3 aromatic rings. The maximum Gasteiger partial charge on any atom is 0.243 e. The van der Waals surface area contributed by atoms with Gasteiger partial charge in [-0.1, -0.05) is 56.3 Å². The Bertz CT molecular complexity index is 1010. The minimum Gasteiger partial charge on any atom is -0.376 e. The van der Waals surface area contributed by atoms with Crippen LogP contribution in [0.3, 0.4) is 0 Å². The van der Waals surface area contributed by atoms with Gasteiger partial charge >= 0.3 is 0 Å². The predicted molar refractivity (Wildman–Crippen MR) is 116 cm³/mol. The fourth-order valence-corrected chi connectivity index (χ4v) is 2.88. The van der Waals surface area contributed by atoms with Crippen LogP contribution in [0.4, 0.5) is 17.1 Å². The number of carbonyl (C=O) groups is 2. The van der Waals surface area contributed by atoms with Crippen molar-refractivity contribution >= 4 is 39.6 Å². The summed E-state index contributed by atoms with van der Waals surface area (Å²) in [6, 6.07) is 19.4. The van der Waals surface area contributed by atoms with E-state index in [4.69, 9.17) is 0 Å². The maximum absolute atomic E-state index is 12.4. The lowest BCUT2D eigenvalue weighted by Gasteiger charge is -2.14. The zero-order valence-corrected chi connectivity index (χ0v) is 16.4. The largest absolute Gasteiger partial charge is 0.376 e. The first-order valence-electron chi connectivity index (χ1n) is 9.37. The quantitative estimate of drug-likeness (QED) is 0.580. The monoisotopic (exact) mass is 375 g/mol. The van der Waals surface area contributed by atoms with E-state index in [-0.39, 0.29) is 24.3 Å². The Kier molecular flexibility index (Phi) is 5.94. The molecule has 0 saturated heterocycles. The lowest BCUT2D eigenvalue weighted by Crippen LogP contribution is -2.22. The van der Waals surface area contributed by atoms with Crippen LogP contribution in [0.5, 0.6) is 0 Å². The van der Waals surface area contributed by atoms with Crippen LogP contribution < -0.4 is 16.0 Å². The Morgan fingerprint density at radius 3 is 2.43 bits per heavy atom. The highest BCUT2D eigenvalue weighted by molar-refractivity contribution is 6.03. The summed E-state index contributed by atoms with van der Waals surface area (Å²) in [6.07, 6.45) is 0. The molecule has 0 fully saturated rings. The molecule has 0 bridgehead atoms. The molecule has 0 heterocycles. The highest BCUT2D eigenvalue weighted by Crippen LogP contribution is 2.23. The molecule has 0 aliphatic heterocycles. The second-order valence-electron chi connectivity index (χ2n) is 7.10. The number of carbonyl (C=O) groups excluding carboxylic acids is 2. The zero-order valence-electron chi connectivity index (χ0n) is 16.4. The van der Waals surface area contributed by atoms with E-state index in [1.54, 1.807) is 0 Å². The van der Waals surface area contributed by atoms with Crippen LogP contribution in [0.2, 0.25) is 0 Å². The molecule has 3 aromatic carbocycles. The highest BCUT2D eigenvalue weighted by atomic mass is 16.2. The summed E-state index contributed by atoms with van der Waals surface area (Å²) in [5.41, 5.74) is 3.32. The number of benzene rings is 3. The third kappa shape index (κ3) is 4.68. The molecule has 144 valence electrons. The van der Waals surface area contributed by atoms with Crippen LogP contribution in [-0.4, -0.2) is 18.4 Å². The summed E-state index contributed by atoms with van der Waals surface area (Å²) >= 11 is 0. The van der Waals surface area contributed by atoms with Crippen LogP contribution >= 0.6 is 0 Å². The number of amides is 2. The van der Waals surface area contributed by atoms with Crippen LogP contribution in [0.15, 0.2) is 60.7 Å². The number of hydrogen-bond acceptors (Lipinski definition) is 3. The Morgan fingerprint density at radius 1 is 0.893 bits per heavy atom. The molecule has 5 nitrogen and oxygen atoms in total. The SMILES string of the molecule is Cc1ccc(NC(=O)C(C)C)cc1NCC(=O)Nc1cccc2ccccc12. The topological polar surface area (TPSA) is 70.2 Å². The van der Waals surface area contributed by atoms with Crippen molar-refractivity contribution in [3.8, 4) is 0 Å². The molecule has 0 saturated carbocycles. The van der Waals surface area contributed by atoms with E-state index in [9.17, 15) is 9.59 Å². The zero-order chi connectivity index (χ0) is 20.1. The van der Waals surface area contributed by atoms with Gasteiger partial charge in [-0.2, -0.15) is 0 Å². The van der Waals surface area contributed by atoms with Crippen LogP contribution in [0.25, 0.3) is 10.8 Å². The Balaban J connectivity index is 1.66. The average molecular weight is 375 g/mol. The van der Waals surface area contributed by atoms with Crippen molar-refractivity contribution in [2.45, 2.75) is 20.8 Å². The number of nitrogens with one attached hydrogen (secondary N) is 3. The number of hydrogen-bond donors (Lipinski definition) is 3. The Hall–Kier alpha value is -3.34. The molecule has 0 unspecified atom stereocenters. The first-order valence-corrected chi connectivity index (χ1v) is 9.37. The minimum absolute atomic E-state index is 0.0384. The predicted octanol–water partition coefficient (Wildman–Crippen LogP) is 4.79. The Morgan fingerprint density at radius 2 is 1.64 bits per heavy atom. The molecule has 2 amide bonds. The first kappa shape index (κ1) is 19.4. The summed E-state index contributed by atoms with van der Waals surface area (Å²) in [4.78, 5) is 24.3. The summed E-state index contributed by atoms with van der Waals surface area (Å²) in [6.45, 7) is 5.78. The van der Waals surface area contributed by atoms with E-state index in [1.165, 1.54) is 0 Å². The number of fused-ring (bicyclic) bond motifs is 1. The van der Waals surface area contributed by atoms with Crippen molar-refractivity contribution in [1.29, 1.82) is 0 Å². The molecular formula is C23H25N3O2. The summed E-state index contributed by atoms with van der Waals surface area (Å²) < 4.78 is 0. The van der Waals surface area contributed by atoms with Gasteiger partial charge in [-0.05, 0) is 36.1 Å². The normalized spacial score (nSPS) is 10.7. The number of aryl methyl sites for hydroxylation is 1. The molecule has 0 aliphatic carbocycles. The molecule has 28 heavy (non-hydrogen) atoms. The molecule has 0 radical (unpaired) electrons. The first-order chi connectivity index (χ1) is 13.4. The lowest BCUT2D eigenvalue weighted by atomic mass is 10.1. The van der Waals surface area contributed by atoms with Crippen LogP contribution in [-0.2, 0) is 9.59 Å². The summed E-state index contributed by atoms with van der Waals surface area (Å²) in [7, 11) is 0. The van der Waals surface area contributed by atoms with Gasteiger partial charge < -0.3 is 16.0 Å². The molecule has 3 N–H and O–H groups in total. The highest BCUT2D eigenvalue weighted by Gasteiger charge is 2.10. The third-order valence-corrected chi connectivity index (χ3v) is 4.53. The van der Waals surface area contributed by atoms with Crippen molar-refractivity contribution in [2.24, 2.45) is 5.92 Å². The molecule has 0 atom stereocenters. The van der Waals surface area contributed by atoms with Crippen LogP contribution in [0.1, 0.15) is 19.4 Å². The van der Waals surface area contributed by atoms with Crippen molar-refractivity contribution in [3.63, 3.8) is 0 Å². The van der Waals surface area contributed by atoms with Crippen molar-refractivity contribution in [2.75, 3.05) is 22.5 Å². The van der Waals surface area contributed by atoms with Gasteiger partial charge in [0, 0.05) is 28.4 Å². The van der Waals surface area contributed by atoms with E-state index in [2.05, 4.69) is 16.0 Å². The summed E-state index contributed by atoms with van der Waals surface area (Å²) in [5.74, 6) is -0.264. The second-order valence-corrected chi connectivity index (χ2v) is 7.10. The number of anilines is 3. The number of rotatable bonds is 6. The Labute approximate surface area is 165 Å². The van der Waals surface area contributed by atoms with E-state index in [0.29, 0.717) is 5.69 Å². The van der Waals surface area contributed by atoms with Gasteiger partial charge in [0.1, 0.15) is 0 Å². The van der Waals surface area contributed by atoms with Gasteiger partial charge in [-0.25, -0.2) is 0 Å². The van der Waals surface area contributed by atoms with E-state index >= 15 is 0 Å². The van der Waals surface area contributed by atoms with Crippen molar-refractivity contribution < 1.29 is 9.59 Å². The average Bonchev–Trinajstić information content (AvgIpc) is 2.68. The second kappa shape index (κ2) is 8.57. The molecule has 0 aliphatic rings. The van der Waals surface area contributed by atoms with E-state index < -0.39 is 0 Å². The van der Waals surface area contributed by atoms with E-state index in [0.717, 1.165) is 27.7 Å². The maximum atomic E-state index is 12.4. The van der Waals surface area contributed by atoms with Gasteiger partial charge in [0.25, 0.3) is 0 Å². The standard InChI is InChI=1S/C23H25N3O2/c1-15(2)23(28)25-18-12-11-16(3)21(13-18)24-14-22(27)26-20-10-6-8-17-7-4-5-9-19(17)20/h4-13,15,24H,14H2,1-3H3,(H,25,28)(H,26,27). The van der Waals surface area contributed by atoms with Crippen LogP contribution in [0, 0.1) is 12.8 Å².